The van der Waals surface area contributed by atoms with Crippen LogP contribution in [0.5, 0.6) is 11.5 Å². The quantitative estimate of drug-likeness (QED) is 0.225. The fraction of sp³-hybridized carbons (Fsp3) is 0.241. The number of amides is 1. The van der Waals surface area contributed by atoms with Crippen molar-refractivity contribution in [3.05, 3.63) is 94.5 Å². The normalized spacial score (nSPS) is 11.3. The van der Waals surface area contributed by atoms with E-state index in [-0.39, 0.29) is 17.5 Å². The Bertz CT molecular complexity index is 1450. The van der Waals surface area contributed by atoms with Gasteiger partial charge in [0, 0.05) is 21.8 Å². The van der Waals surface area contributed by atoms with E-state index in [1.807, 2.05) is 41.8 Å². The summed E-state index contributed by atoms with van der Waals surface area (Å²) in [5.74, 6) is 0.855. The molecule has 0 unspecified atom stereocenters. The topological polar surface area (TPSA) is 65.4 Å². The van der Waals surface area contributed by atoms with Crippen LogP contribution in [0.15, 0.2) is 72.0 Å². The van der Waals surface area contributed by atoms with Crippen LogP contribution in [0.3, 0.4) is 0 Å². The fourth-order valence-corrected chi connectivity index (χ4v) is 5.06. The van der Waals surface area contributed by atoms with Gasteiger partial charge in [0.2, 0.25) is 5.91 Å². The SMILES string of the molecule is COc1ccc(C(C)(C)c2cnc(SCC(=O)Nc3ccc(C)c(Cl)c3)n2-c2ccc(F)cc2)cc1OC. The molecule has 4 rings (SSSR count). The Morgan fingerprint density at radius 3 is 2.42 bits per heavy atom. The van der Waals surface area contributed by atoms with Crippen molar-refractivity contribution in [1.29, 1.82) is 0 Å². The standard InChI is InChI=1S/C29H29ClFN3O3S/c1-18-6-10-21(15-23(18)30)33-27(35)17-38-28-32-16-26(34(28)22-11-8-20(31)9-12-22)29(2,3)19-7-13-24(36-4)25(14-19)37-5/h6-16H,17H2,1-5H3,(H,33,35). The molecule has 0 atom stereocenters. The summed E-state index contributed by atoms with van der Waals surface area (Å²) in [6.45, 7) is 6.06. The van der Waals surface area contributed by atoms with Crippen molar-refractivity contribution in [2.45, 2.75) is 31.3 Å². The molecule has 0 aliphatic heterocycles. The molecule has 0 fully saturated rings. The number of nitrogens with one attached hydrogen (secondary N) is 1. The predicted octanol–water partition coefficient (Wildman–Crippen LogP) is 7.05. The monoisotopic (exact) mass is 553 g/mol. The van der Waals surface area contributed by atoms with Gasteiger partial charge < -0.3 is 14.8 Å². The van der Waals surface area contributed by atoms with Gasteiger partial charge in [0.1, 0.15) is 5.82 Å². The maximum atomic E-state index is 13.8. The van der Waals surface area contributed by atoms with Crippen molar-refractivity contribution in [3.8, 4) is 17.2 Å². The van der Waals surface area contributed by atoms with E-state index in [9.17, 15) is 9.18 Å². The summed E-state index contributed by atoms with van der Waals surface area (Å²) in [4.78, 5) is 17.4. The summed E-state index contributed by atoms with van der Waals surface area (Å²) in [5, 5.41) is 4.07. The zero-order chi connectivity index (χ0) is 27.4. The second-order valence-electron chi connectivity index (χ2n) is 9.23. The van der Waals surface area contributed by atoms with Gasteiger partial charge in [0.25, 0.3) is 0 Å². The van der Waals surface area contributed by atoms with Crippen LogP contribution in [0, 0.1) is 12.7 Å². The van der Waals surface area contributed by atoms with Gasteiger partial charge in [-0.2, -0.15) is 0 Å². The average molecular weight is 554 g/mol. The largest absolute Gasteiger partial charge is 0.493 e. The summed E-state index contributed by atoms with van der Waals surface area (Å²) in [7, 11) is 3.20. The van der Waals surface area contributed by atoms with E-state index in [1.165, 1.54) is 23.9 Å². The molecule has 1 amide bonds. The van der Waals surface area contributed by atoms with E-state index in [2.05, 4.69) is 24.1 Å². The number of carbonyl (C=O) groups is 1. The third-order valence-corrected chi connectivity index (χ3v) is 7.71. The highest BCUT2D eigenvalue weighted by Crippen LogP contribution is 2.39. The zero-order valence-electron chi connectivity index (χ0n) is 21.8. The van der Waals surface area contributed by atoms with Crippen LogP contribution in [0.2, 0.25) is 5.02 Å². The number of aryl methyl sites for hydroxylation is 1. The van der Waals surface area contributed by atoms with Crippen molar-refractivity contribution in [2.24, 2.45) is 0 Å². The highest BCUT2D eigenvalue weighted by Gasteiger charge is 2.30. The molecular weight excluding hydrogens is 525 g/mol. The lowest BCUT2D eigenvalue weighted by Gasteiger charge is -2.28. The molecule has 0 spiro atoms. The Morgan fingerprint density at radius 1 is 1.05 bits per heavy atom. The Hall–Kier alpha value is -3.49. The van der Waals surface area contributed by atoms with Gasteiger partial charge in [-0.3, -0.25) is 9.36 Å². The van der Waals surface area contributed by atoms with E-state index < -0.39 is 5.41 Å². The minimum absolute atomic E-state index is 0.125. The molecule has 0 aliphatic carbocycles. The van der Waals surface area contributed by atoms with Crippen LogP contribution in [0.25, 0.3) is 5.69 Å². The van der Waals surface area contributed by atoms with E-state index in [1.54, 1.807) is 38.6 Å². The van der Waals surface area contributed by atoms with Crippen LogP contribution < -0.4 is 14.8 Å². The zero-order valence-corrected chi connectivity index (χ0v) is 23.4. The van der Waals surface area contributed by atoms with E-state index in [4.69, 9.17) is 21.1 Å². The first-order chi connectivity index (χ1) is 18.1. The number of rotatable bonds is 9. The molecule has 1 aromatic heterocycles. The number of aromatic nitrogens is 2. The number of hydrogen-bond donors (Lipinski definition) is 1. The number of thioether (sulfide) groups is 1. The van der Waals surface area contributed by atoms with E-state index in [0.717, 1.165) is 22.5 Å². The van der Waals surface area contributed by atoms with Crippen LogP contribution in [0.1, 0.15) is 30.7 Å². The molecule has 3 aromatic carbocycles. The molecule has 0 aliphatic rings. The summed E-state index contributed by atoms with van der Waals surface area (Å²) in [6.07, 6.45) is 1.79. The number of methoxy groups -OCH3 is 2. The third-order valence-electron chi connectivity index (χ3n) is 6.35. The first-order valence-corrected chi connectivity index (χ1v) is 13.3. The second kappa shape index (κ2) is 11.5. The van der Waals surface area contributed by atoms with Crippen molar-refractivity contribution in [3.63, 3.8) is 0 Å². The maximum absolute atomic E-state index is 13.8. The Kier molecular flexibility index (Phi) is 8.33. The molecule has 0 saturated carbocycles. The van der Waals surface area contributed by atoms with Gasteiger partial charge in [-0.05, 0) is 66.6 Å². The molecule has 0 bridgehead atoms. The van der Waals surface area contributed by atoms with Gasteiger partial charge in [0.05, 0.1) is 31.9 Å². The first kappa shape index (κ1) is 27.5. The first-order valence-electron chi connectivity index (χ1n) is 11.9. The second-order valence-corrected chi connectivity index (χ2v) is 10.6. The molecule has 0 saturated heterocycles. The van der Waals surface area contributed by atoms with Crippen LogP contribution in [0.4, 0.5) is 10.1 Å². The molecule has 38 heavy (non-hydrogen) atoms. The predicted molar refractivity (Wildman–Crippen MR) is 151 cm³/mol. The van der Waals surface area contributed by atoms with Crippen LogP contribution in [-0.2, 0) is 10.2 Å². The summed E-state index contributed by atoms with van der Waals surface area (Å²) in [5.41, 5.74) is 3.61. The van der Waals surface area contributed by atoms with Gasteiger partial charge >= 0.3 is 0 Å². The molecule has 4 aromatic rings. The Balaban J connectivity index is 1.67. The summed E-state index contributed by atoms with van der Waals surface area (Å²) < 4.78 is 26.7. The van der Waals surface area contributed by atoms with Crippen LogP contribution >= 0.6 is 23.4 Å². The minimum atomic E-state index is -0.527. The molecule has 6 nitrogen and oxygen atoms in total. The number of carbonyl (C=O) groups excluding carboxylic acids is 1. The van der Waals surface area contributed by atoms with E-state index in [0.29, 0.717) is 27.4 Å². The lowest BCUT2D eigenvalue weighted by Crippen LogP contribution is -2.23. The highest BCUT2D eigenvalue weighted by atomic mass is 35.5. The number of imidazole rings is 1. The summed E-state index contributed by atoms with van der Waals surface area (Å²) >= 11 is 7.49. The molecule has 9 heteroatoms. The van der Waals surface area contributed by atoms with Crippen molar-refractivity contribution in [2.75, 3.05) is 25.3 Å². The molecule has 1 N–H and O–H groups in total. The van der Waals surface area contributed by atoms with Crippen molar-refractivity contribution < 1.29 is 18.7 Å². The lowest BCUT2D eigenvalue weighted by molar-refractivity contribution is -0.113. The van der Waals surface area contributed by atoms with Gasteiger partial charge in [-0.1, -0.05) is 49.3 Å². The lowest BCUT2D eigenvalue weighted by atomic mass is 9.81. The van der Waals surface area contributed by atoms with Gasteiger partial charge in [-0.15, -0.1) is 0 Å². The van der Waals surface area contributed by atoms with E-state index >= 15 is 0 Å². The highest BCUT2D eigenvalue weighted by molar-refractivity contribution is 7.99. The number of nitrogens with zero attached hydrogens (tertiary/aromatic N) is 2. The van der Waals surface area contributed by atoms with Gasteiger partial charge in [-0.25, -0.2) is 9.37 Å². The number of benzene rings is 3. The molecule has 198 valence electrons. The Morgan fingerprint density at radius 2 is 1.76 bits per heavy atom. The minimum Gasteiger partial charge on any atom is -0.493 e. The van der Waals surface area contributed by atoms with Gasteiger partial charge in [0.15, 0.2) is 16.7 Å². The smallest absolute Gasteiger partial charge is 0.234 e. The number of ether oxygens (including phenoxy) is 2. The maximum Gasteiger partial charge on any atom is 0.234 e. The van der Waals surface area contributed by atoms with Crippen molar-refractivity contribution in [1.82, 2.24) is 9.55 Å². The fourth-order valence-electron chi connectivity index (χ4n) is 4.09. The van der Waals surface area contributed by atoms with Crippen LogP contribution in [-0.4, -0.2) is 35.4 Å². The summed E-state index contributed by atoms with van der Waals surface area (Å²) in [6, 6.07) is 17.4. The molecule has 1 heterocycles. The number of anilines is 1. The average Bonchev–Trinajstić information content (AvgIpc) is 3.34. The Labute approximate surface area is 231 Å². The number of halogens is 2. The number of hydrogen-bond acceptors (Lipinski definition) is 5. The van der Waals surface area contributed by atoms with Crippen molar-refractivity contribution >= 4 is 35.0 Å². The molecular formula is C29H29ClFN3O3S. The third kappa shape index (κ3) is 5.81. The molecule has 0 radical (unpaired) electrons.